The highest BCUT2D eigenvalue weighted by molar-refractivity contribution is 7.90. The molecule has 0 radical (unpaired) electrons. The fourth-order valence-electron chi connectivity index (χ4n) is 1.54. The van der Waals surface area contributed by atoms with Crippen LogP contribution in [0.3, 0.4) is 0 Å². The Morgan fingerprint density at radius 1 is 1.44 bits per heavy atom. The molecule has 7 nitrogen and oxygen atoms in total. The summed E-state index contributed by atoms with van der Waals surface area (Å²) in [5.41, 5.74) is 7.58. The minimum atomic E-state index is -3.03. The number of fused-ring (bicyclic) bond motifs is 1. The Morgan fingerprint density at radius 2 is 2.17 bits per heavy atom. The topological polar surface area (TPSA) is 118 Å². The highest BCUT2D eigenvalue weighted by Crippen LogP contribution is 2.24. The number of H-pyrrole nitrogens is 1. The molecular formula is C10H13N3O4S. The quantitative estimate of drug-likeness (QED) is 0.682. The number of hydrogen-bond acceptors (Lipinski definition) is 6. The highest BCUT2D eigenvalue weighted by atomic mass is 32.2. The summed E-state index contributed by atoms with van der Waals surface area (Å²) in [5, 5.41) is 2.90. The normalized spacial score (nSPS) is 11.8. The van der Waals surface area contributed by atoms with Crippen molar-refractivity contribution in [1.29, 1.82) is 0 Å². The van der Waals surface area contributed by atoms with Crippen LogP contribution in [-0.2, 0) is 9.84 Å². The number of hydrogen-bond donors (Lipinski definition) is 3. The van der Waals surface area contributed by atoms with Gasteiger partial charge in [-0.15, -0.1) is 0 Å². The second-order valence-electron chi connectivity index (χ2n) is 4.01. The summed E-state index contributed by atoms with van der Waals surface area (Å²) in [5.74, 6) is -0.551. The van der Waals surface area contributed by atoms with Gasteiger partial charge < -0.3 is 15.5 Å². The second-order valence-corrected chi connectivity index (χ2v) is 6.27. The van der Waals surface area contributed by atoms with Crippen LogP contribution in [0.2, 0.25) is 0 Å². The molecule has 1 aromatic heterocycles. The maximum Gasteiger partial charge on any atom is 0.417 e. The molecule has 0 aliphatic carbocycles. The van der Waals surface area contributed by atoms with Crippen molar-refractivity contribution in [2.45, 2.75) is 0 Å². The van der Waals surface area contributed by atoms with E-state index in [0.29, 0.717) is 22.5 Å². The summed E-state index contributed by atoms with van der Waals surface area (Å²) in [6.07, 6.45) is 1.16. The number of nitrogen functional groups attached to an aromatic ring is 1. The predicted molar refractivity (Wildman–Crippen MR) is 69.4 cm³/mol. The molecule has 1 heterocycles. The summed E-state index contributed by atoms with van der Waals surface area (Å²) >= 11 is 0. The van der Waals surface area contributed by atoms with Crippen LogP contribution in [0.25, 0.3) is 11.1 Å². The zero-order valence-electron chi connectivity index (χ0n) is 9.69. The van der Waals surface area contributed by atoms with E-state index in [1.54, 1.807) is 6.07 Å². The molecule has 0 aliphatic rings. The lowest BCUT2D eigenvalue weighted by Gasteiger charge is -2.08. The first-order valence-corrected chi connectivity index (χ1v) is 7.25. The Balaban J connectivity index is 2.22. The fraction of sp³-hybridized carbons (Fsp3) is 0.300. The van der Waals surface area contributed by atoms with E-state index in [0.717, 1.165) is 6.26 Å². The van der Waals surface area contributed by atoms with Crippen LogP contribution in [0.5, 0.6) is 0 Å². The van der Waals surface area contributed by atoms with Crippen LogP contribution in [-0.4, -0.2) is 32.0 Å². The number of nitrogens with one attached hydrogen (secondary N) is 2. The van der Waals surface area contributed by atoms with E-state index in [1.165, 1.54) is 6.07 Å². The van der Waals surface area contributed by atoms with Crippen LogP contribution in [0.15, 0.2) is 21.3 Å². The third kappa shape index (κ3) is 2.83. The maximum absolute atomic E-state index is 11.0. The molecule has 0 atom stereocenters. The minimum absolute atomic E-state index is 0.00633. The van der Waals surface area contributed by atoms with Gasteiger partial charge in [-0.1, -0.05) is 0 Å². The smallest absolute Gasteiger partial charge is 0.408 e. The zero-order valence-corrected chi connectivity index (χ0v) is 10.5. The lowest BCUT2D eigenvalue weighted by Crippen LogP contribution is -2.14. The van der Waals surface area contributed by atoms with E-state index < -0.39 is 15.6 Å². The van der Waals surface area contributed by atoms with Crippen molar-refractivity contribution in [3.05, 3.63) is 22.7 Å². The van der Waals surface area contributed by atoms with E-state index in [4.69, 9.17) is 10.2 Å². The standard InChI is InChI=1S/C10H13N3O4S/c1-18(15,16)3-2-12-7-5-8-9(4-6(7)11)17-10(14)13-8/h4-5,12H,2-3,11H2,1H3,(H,13,14). The lowest BCUT2D eigenvalue weighted by molar-refractivity contribution is 0.555. The van der Waals surface area contributed by atoms with Gasteiger partial charge in [0.05, 0.1) is 22.6 Å². The molecule has 0 unspecified atom stereocenters. The van der Waals surface area contributed by atoms with Crippen molar-refractivity contribution < 1.29 is 12.8 Å². The molecule has 0 fully saturated rings. The first-order chi connectivity index (χ1) is 8.35. The third-order valence-corrected chi connectivity index (χ3v) is 3.33. The number of oxazole rings is 1. The van der Waals surface area contributed by atoms with Gasteiger partial charge in [-0.3, -0.25) is 4.98 Å². The number of nitrogens with two attached hydrogens (primary N) is 1. The molecule has 2 aromatic rings. The maximum atomic E-state index is 11.0. The van der Waals surface area contributed by atoms with Gasteiger partial charge in [0.1, 0.15) is 9.84 Å². The van der Waals surface area contributed by atoms with Gasteiger partial charge in [-0.2, -0.15) is 0 Å². The van der Waals surface area contributed by atoms with Crippen molar-refractivity contribution in [2.75, 3.05) is 29.6 Å². The summed E-state index contributed by atoms with van der Waals surface area (Å²) in [6.45, 7) is 0.247. The van der Waals surface area contributed by atoms with Crippen molar-refractivity contribution >= 4 is 32.3 Å². The van der Waals surface area contributed by atoms with Gasteiger partial charge in [0, 0.05) is 18.9 Å². The molecule has 98 valence electrons. The Morgan fingerprint density at radius 3 is 2.83 bits per heavy atom. The van der Waals surface area contributed by atoms with Gasteiger partial charge in [0.15, 0.2) is 5.58 Å². The van der Waals surface area contributed by atoms with E-state index in [-0.39, 0.29) is 12.3 Å². The van der Waals surface area contributed by atoms with E-state index in [2.05, 4.69) is 10.3 Å². The van der Waals surface area contributed by atoms with Crippen LogP contribution < -0.4 is 16.8 Å². The number of aromatic amines is 1. The van der Waals surface area contributed by atoms with Gasteiger partial charge in [-0.25, -0.2) is 13.2 Å². The van der Waals surface area contributed by atoms with Crippen LogP contribution in [0.4, 0.5) is 11.4 Å². The molecule has 0 saturated carbocycles. The number of benzene rings is 1. The first-order valence-electron chi connectivity index (χ1n) is 5.19. The minimum Gasteiger partial charge on any atom is -0.408 e. The largest absolute Gasteiger partial charge is 0.417 e. The van der Waals surface area contributed by atoms with Gasteiger partial charge in [0.25, 0.3) is 0 Å². The Kier molecular flexibility index (Phi) is 3.04. The van der Waals surface area contributed by atoms with Crippen molar-refractivity contribution in [3.8, 4) is 0 Å². The summed E-state index contributed by atoms with van der Waals surface area (Å²) in [4.78, 5) is 13.5. The van der Waals surface area contributed by atoms with Crippen molar-refractivity contribution in [1.82, 2.24) is 4.98 Å². The third-order valence-electron chi connectivity index (χ3n) is 2.38. The number of sulfone groups is 1. The summed E-state index contributed by atoms with van der Waals surface area (Å²) in [6, 6.07) is 3.12. The molecule has 0 saturated heterocycles. The van der Waals surface area contributed by atoms with Crippen molar-refractivity contribution in [3.63, 3.8) is 0 Å². The average Bonchev–Trinajstić information content (AvgIpc) is 2.55. The summed E-state index contributed by atoms with van der Waals surface area (Å²) in [7, 11) is -3.03. The van der Waals surface area contributed by atoms with Crippen LogP contribution >= 0.6 is 0 Å². The van der Waals surface area contributed by atoms with Gasteiger partial charge in [-0.05, 0) is 6.07 Å². The Bertz CT molecular complexity index is 729. The van der Waals surface area contributed by atoms with Crippen LogP contribution in [0, 0.1) is 0 Å². The van der Waals surface area contributed by atoms with E-state index >= 15 is 0 Å². The molecule has 0 spiro atoms. The molecular weight excluding hydrogens is 258 g/mol. The first kappa shape index (κ1) is 12.5. The molecule has 1 aromatic carbocycles. The Hall–Kier alpha value is -1.96. The Labute approximate surface area is 103 Å². The monoisotopic (exact) mass is 271 g/mol. The molecule has 2 rings (SSSR count). The highest BCUT2D eigenvalue weighted by Gasteiger charge is 2.07. The van der Waals surface area contributed by atoms with E-state index in [9.17, 15) is 13.2 Å². The SMILES string of the molecule is CS(=O)(=O)CCNc1cc2[nH]c(=O)oc2cc1N. The second kappa shape index (κ2) is 4.37. The number of aromatic nitrogens is 1. The molecule has 4 N–H and O–H groups in total. The number of rotatable bonds is 4. The van der Waals surface area contributed by atoms with Crippen molar-refractivity contribution in [2.24, 2.45) is 0 Å². The fourth-order valence-corrected chi connectivity index (χ4v) is 2.01. The van der Waals surface area contributed by atoms with Crippen LogP contribution in [0.1, 0.15) is 0 Å². The molecule has 0 amide bonds. The molecule has 0 aliphatic heterocycles. The van der Waals surface area contributed by atoms with Gasteiger partial charge in [0.2, 0.25) is 0 Å². The zero-order chi connectivity index (χ0) is 13.3. The summed E-state index contributed by atoms with van der Waals surface area (Å²) < 4.78 is 26.8. The van der Waals surface area contributed by atoms with E-state index in [1.807, 2.05) is 0 Å². The molecule has 18 heavy (non-hydrogen) atoms. The predicted octanol–water partition coefficient (Wildman–Crippen LogP) is 0.160. The molecule has 0 bridgehead atoms. The van der Waals surface area contributed by atoms with Gasteiger partial charge >= 0.3 is 5.76 Å². The number of anilines is 2. The lowest BCUT2D eigenvalue weighted by atomic mass is 10.2. The average molecular weight is 271 g/mol. The molecule has 8 heteroatoms.